The molecule has 1 N–H and O–H groups in total. The van der Waals surface area contributed by atoms with Crippen LogP contribution in [0.2, 0.25) is 0 Å². The second kappa shape index (κ2) is 14.5. The number of imidazole rings is 1. The first kappa shape index (κ1) is 30.7. The van der Waals surface area contributed by atoms with E-state index in [0.717, 1.165) is 55.6 Å². The Morgan fingerprint density at radius 2 is 1.34 bits per heavy atom. The molecule has 7 aromatic carbocycles. The molecule has 1 aliphatic carbocycles. The normalized spacial score (nSPS) is 14.5. The Morgan fingerprint density at radius 1 is 0.621 bits per heavy atom. The van der Waals surface area contributed by atoms with Gasteiger partial charge in [-0.1, -0.05) is 162 Å². The number of hydrogen-bond acceptors (Lipinski definition) is 3. The van der Waals surface area contributed by atoms with Gasteiger partial charge in [-0.15, -0.1) is 17.7 Å². The van der Waals surface area contributed by atoms with E-state index in [2.05, 4.69) is 56.3 Å². The van der Waals surface area contributed by atoms with Crippen molar-refractivity contribution in [2.75, 3.05) is 0 Å². The summed E-state index contributed by atoms with van der Waals surface area (Å²) < 4.78 is 50.4. The minimum absolute atomic E-state index is 0. The van der Waals surface area contributed by atoms with Crippen LogP contribution in [0.4, 0.5) is 0 Å². The zero-order valence-electron chi connectivity index (χ0n) is 37.7. The number of aryl methyl sites for hydroxylation is 2. The molecule has 0 amide bonds. The fourth-order valence-electron chi connectivity index (χ4n) is 8.48. The van der Waals surface area contributed by atoms with Gasteiger partial charge in [-0.25, -0.2) is 4.98 Å². The molecule has 10 rings (SSSR count). The first-order valence-electron chi connectivity index (χ1n) is 22.0. The number of rotatable bonds is 6. The van der Waals surface area contributed by atoms with Gasteiger partial charge in [0.25, 0.3) is 0 Å². The Morgan fingerprint density at radius 3 is 2.14 bits per heavy atom. The van der Waals surface area contributed by atoms with Gasteiger partial charge in [0, 0.05) is 52.2 Å². The monoisotopic (exact) mass is 935 g/mol. The number of pyridine rings is 1. The van der Waals surface area contributed by atoms with Crippen molar-refractivity contribution in [2.24, 2.45) is 0 Å². The molecule has 0 saturated heterocycles. The van der Waals surface area contributed by atoms with Crippen molar-refractivity contribution >= 4 is 11.0 Å². The van der Waals surface area contributed by atoms with Crippen LogP contribution in [-0.4, -0.2) is 19.6 Å². The van der Waals surface area contributed by atoms with E-state index in [-0.39, 0.29) is 43.4 Å². The van der Waals surface area contributed by atoms with Gasteiger partial charge < -0.3 is 5.11 Å². The minimum atomic E-state index is -2.34. The molecule has 58 heavy (non-hydrogen) atoms. The molecule has 0 radical (unpaired) electrons. The Hall–Kier alpha value is -6.35. The average Bonchev–Trinajstić information content (AvgIpc) is 3.78. The number of fused-ring (bicyclic) bond motifs is 4. The van der Waals surface area contributed by atoms with Gasteiger partial charge >= 0.3 is 0 Å². The summed E-state index contributed by atoms with van der Waals surface area (Å²) in [4.78, 5) is 10.3. The number of phenolic OH excluding ortho intramolecular Hbond substituents is 1. The second-order valence-electron chi connectivity index (χ2n) is 15.1. The van der Waals surface area contributed by atoms with Crippen LogP contribution in [0.3, 0.4) is 0 Å². The Balaban J connectivity index is 0.00000518. The maximum Gasteiger partial charge on any atom is 0.148 e. The maximum absolute atomic E-state index is 11.4. The maximum atomic E-state index is 11.4. The quantitative estimate of drug-likeness (QED) is 0.169. The number of phenols is 1. The van der Waals surface area contributed by atoms with Crippen LogP contribution in [0.1, 0.15) is 44.3 Å². The molecule has 0 bridgehead atoms. The van der Waals surface area contributed by atoms with Gasteiger partial charge in [0.15, 0.2) is 0 Å². The molecule has 0 aliphatic heterocycles. The van der Waals surface area contributed by atoms with E-state index >= 15 is 0 Å². The number of aromatic hydroxyl groups is 1. The molecule has 9 aromatic rings. The fraction of sp³-hybridized carbons (Fsp3) is 0.0943. The third-order valence-electron chi connectivity index (χ3n) is 11.3. The van der Waals surface area contributed by atoms with Crippen LogP contribution in [0.5, 0.6) is 5.75 Å². The van der Waals surface area contributed by atoms with Gasteiger partial charge in [0.05, 0.1) is 22.3 Å². The van der Waals surface area contributed by atoms with E-state index in [9.17, 15) is 5.11 Å². The molecule has 2 aromatic heterocycles. The van der Waals surface area contributed by atoms with Crippen molar-refractivity contribution in [1.29, 1.82) is 0 Å². The SMILES string of the molecule is [2H]C([2H])([2H])c1ccc(-c2ccnc(-c3[c-]c(-c4cccc5c4nc(-c4ccccc4O)n5-c4ccc(C([2H])([2H])[2H])cc4-c4ccccc4)c4c(c3)C(C)(C)c3ccccc3-4)c2)cc1.[Pt]. The first-order valence-corrected chi connectivity index (χ1v) is 19.0. The van der Waals surface area contributed by atoms with Crippen molar-refractivity contribution in [3.8, 4) is 78.6 Å². The van der Waals surface area contributed by atoms with E-state index in [4.69, 9.17) is 18.2 Å². The molecule has 284 valence electrons. The number of nitrogens with zero attached hydrogens (tertiary/aromatic N) is 3. The molecule has 2 heterocycles. The van der Waals surface area contributed by atoms with Crippen molar-refractivity contribution in [3.05, 3.63) is 192 Å². The van der Waals surface area contributed by atoms with Crippen molar-refractivity contribution in [3.63, 3.8) is 0 Å². The van der Waals surface area contributed by atoms with Crippen LogP contribution in [-0.2, 0) is 26.5 Å². The van der Waals surface area contributed by atoms with Crippen LogP contribution >= 0.6 is 0 Å². The van der Waals surface area contributed by atoms with Crippen LogP contribution < -0.4 is 0 Å². The van der Waals surface area contributed by atoms with E-state index in [0.29, 0.717) is 33.8 Å². The van der Waals surface area contributed by atoms with Gasteiger partial charge in [-0.05, 0) is 77.9 Å². The molecule has 0 fully saturated rings. The van der Waals surface area contributed by atoms with Crippen LogP contribution in [0, 0.1) is 19.8 Å². The molecule has 0 saturated carbocycles. The van der Waals surface area contributed by atoms with Gasteiger partial charge in [0.2, 0.25) is 0 Å². The van der Waals surface area contributed by atoms with Crippen molar-refractivity contribution in [2.45, 2.75) is 33.0 Å². The summed E-state index contributed by atoms with van der Waals surface area (Å²) >= 11 is 0. The number of aromatic nitrogens is 3. The van der Waals surface area contributed by atoms with Gasteiger partial charge in [-0.3, -0.25) is 9.55 Å². The van der Waals surface area contributed by atoms with E-state index in [1.807, 2.05) is 89.5 Å². The van der Waals surface area contributed by atoms with Gasteiger partial charge in [-0.2, -0.15) is 0 Å². The second-order valence-corrected chi connectivity index (χ2v) is 15.1. The topological polar surface area (TPSA) is 50.9 Å². The molecular weight excluding hydrogens is 890 g/mol. The Bertz CT molecular complexity index is 3250. The summed E-state index contributed by atoms with van der Waals surface area (Å²) in [5.74, 6) is 0.543. The van der Waals surface area contributed by atoms with E-state index < -0.39 is 13.7 Å². The van der Waals surface area contributed by atoms with Crippen molar-refractivity contribution < 1.29 is 34.4 Å². The summed E-state index contributed by atoms with van der Waals surface area (Å²) in [5.41, 5.74) is 13.7. The molecule has 5 heteroatoms. The summed E-state index contributed by atoms with van der Waals surface area (Å²) in [5, 5.41) is 11.4. The Kier molecular flexibility index (Phi) is 7.71. The van der Waals surface area contributed by atoms with Crippen molar-refractivity contribution in [1.82, 2.24) is 14.5 Å². The number of para-hydroxylation sites is 2. The third-order valence-corrected chi connectivity index (χ3v) is 11.3. The fourth-order valence-corrected chi connectivity index (χ4v) is 8.48. The molecule has 0 unspecified atom stereocenters. The molecular formula is C53H40N3OPt-. The predicted octanol–water partition coefficient (Wildman–Crippen LogP) is 13.2. The zero-order chi connectivity index (χ0) is 43.8. The molecule has 4 nitrogen and oxygen atoms in total. The van der Waals surface area contributed by atoms with Gasteiger partial charge in [0.1, 0.15) is 11.6 Å². The molecule has 0 atom stereocenters. The summed E-state index contributed by atoms with van der Waals surface area (Å²) in [6.45, 7) is -0.0589. The third kappa shape index (κ3) is 6.11. The minimum Gasteiger partial charge on any atom is -0.507 e. The molecule has 1 aliphatic rings. The number of hydrogen-bond donors (Lipinski definition) is 1. The standard InChI is InChI=1S/C53H40N3O.Pt/c1-33-21-24-35(25-22-33)37-27-28-54-46(32-37)38-30-43(50-40-15-8-10-18-44(40)53(3,4)45(50)31-38)39-17-12-19-48-51(39)55-52(41-16-9-11-20-49(41)57)56(48)47-26-23-34(2)29-42(47)36-13-6-5-7-14-36;/h5-29,31-32,57H,1-4H3;/q-1;/i1D3,2D3;. The van der Waals surface area contributed by atoms with E-state index in [1.54, 1.807) is 42.6 Å². The summed E-state index contributed by atoms with van der Waals surface area (Å²) in [6, 6.07) is 53.5. The average molecular weight is 936 g/mol. The van der Waals surface area contributed by atoms with Crippen LogP contribution in [0.25, 0.3) is 83.9 Å². The van der Waals surface area contributed by atoms with Crippen LogP contribution in [0.15, 0.2) is 164 Å². The predicted molar refractivity (Wildman–Crippen MR) is 234 cm³/mol. The zero-order valence-corrected chi connectivity index (χ0v) is 34.0. The van der Waals surface area contributed by atoms with E-state index in [1.165, 1.54) is 5.56 Å². The summed E-state index contributed by atoms with van der Waals surface area (Å²) in [7, 11) is 0. The first-order chi connectivity index (χ1) is 30.2. The smallest absolute Gasteiger partial charge is 0.148 e. The molecule has 0 spiro atoms. The number of benzene rings is 7. The summed E-state index contributed by atoms with van der Waals surface area (Å²) in [6.07, 6.45) is 1.77. The largest absolute Gasteiger partial charge is 0.507 e. The Labute approximate surface area is 362 Å².